The predicted octanol–water partition coefficient (Wildman–Crippen LogP) is -0.00510. The maximum atomic E-state index is 11.1. The monoisotopic (exact) mass is 159 g/mol. The van der Waals surface area contributed by atoms with E-state index in [2.05, 4.69) is 5.32 Å². The van der Waals surface area contributed by atoms with Crippen LogP contribution in [0.1, 0.15) is 13.8 Å². The summed E-state index contributed by atoms with van der Waals surface area (Å²) >= 11 is 0. The van der Waals surface area contributed by atoms with Crippen LogP contribution in [-0.2, 0) is 0 Å². The van der Waals surface area contributed by atoms with Gasteiger partial charge in [0.15, 0.2) is 0 Å². The lowest BCUT2D eigenvalue weighted by Gasteiger charge is -2.23. The highest BCUT2D eigenvalue weighted by molar-refractivity contribution is 5.74. The van der Waals surface area contributed by atoms with Gasteiger partial charge >= 0.3 is 6.03 Å². The number of nitrogens with zero attached hydrogens (tertiary/aromatic N) is 1. The van der Waals surface area contributed by atoms with Gasteiger partial charge in [0.05, 0.1) is 0 Å². The van der Waals surface area contributed by atoms with Crippen LogP contribution in [0.3, 0.4) is 0 Å². The number of hydrogen-bond acceptors (Lipinski definition) is 2. The molecule has 0 saturated carbocycles. The molecule has 0 aromatic carbocycles. The van der Waals surface area contributed by atoms with E-state index >= 15 is 0 Å². The third kappa shape index (κ3) is 3.23. The van der Waals surface area contributed by atoms with Crippen molar-refractivity contribution in [3.05, 3.63) is 0 Å². The zero-order chi connectivity index (χ0) is 8.85. The fraction of sp³-hybridized carbons (Fsp3) is 0.857. The first-order valence-corrected chi connectivity index (χ1v) is 3.84. The average molecular weight is 159 g/mol. The standard InChI is InChI=1S/C7H17N3O/c1-4-9-7(11)10(3)6(2)5-8/h6H,4-5,8H2,1-3H3,(H,9,11)/t6-/m1/s1. The highest BCUT2D eigenvalue weighted by Gasteiger charge is 2.11. The molecule has 0 fully saturated rings. The van der Waals surface area contributed by atoms with E-state index in [-0.39, 0.29) is 12.1 Å². The maximum absolute atomic E-state index is 11.1. The Bertz CT molecular complexity index is 127. The van der Waals surface area contributed by atoms with Gasteiger partial charge in [-0.25, -0.2) is 4.79 Å². The van der Waals surface area contributed by atoms with E-state index in [0.717, 1.165) is 0 Å². The van der Waals surface area contributed by atoms with Gasteiger partial charge < -0.3 is 16.0 Å². The molecule has 0 unspecified atom stereocenters. The Morgan fingerprint density at radius 2 is 2.27 bits per heavy atom. The second kappa shape index (κ2) is 4.96. The van der Waals surface area contributed by atoms with Crippen LogP contribution < -0.4 is 11.1 Å². The van der Waals surface area contributed by atoms with Crippen LogP contribution in [-0.4, -0.2) is 37.1 Å². The third-order valence-corrected chi connectivity index (χ3v) is 1.65. The molecule has 0 bridgehead atoms. The van der Waals surface area contributed by atoms with Gasteiger partial charge in [-0.15, -0.1) is 0 Å². The highest BCUT2D eigenvalue weighted by atomic mass is 16.2. The van der Waals surface area contributed by atoms with Crippen LogP contribution in [0.2, 0.25) is 0 Å². The molecule has 4 heteroatoms. The minimum absolute atomic E-state index is 0.0644. The van der Waals surface area contributed by atoms with Gasteiger partial charge in [0.25, 0.3) is 0 Å². The van der Waals surface area contributed by atoms with Crippen molar-refractivity contribution in [2.75, 3.05) is 20.1 Å². The van der Waals surface area contributed by atoms with Crippen LogP contribution >= 0.6 is 0 Å². The van der Waals surface area contributed by atoms with Crippen LogP contribution in [0.15, 0.2) is 0 Å². The number of carbonyl (C=O) groups is 1. The van der Waals surface area contributed by atoms with Crippen molar-refractivity contribution in [3.63, 3.8) is 0 Å². The molecule has 1 atom stereocenters. The molecule has 66 valence electrons. The molecule has 0 radical (unpaired) electrons. The number of hydrogen-bond donors (Lipinski definition) is 2. The molecule has 0 aromatic rings. The van der Waals surface area contributed by atoms with E-state index < -0.39 is 0 Å². The lowest BCUT2D eigenvalue weighted by molar-refractivity contribution is 0.196. The quantitative estimate of drug-likeness (QED) is 0.608. The number of urea groups is 1. The van der Waals surface area contributed by atoms with Crippen molar-refractivity contribution in [3.8, 4) is 0 Å². The number of rotatable bonds is 3. The minimum Gasteiger partial charge on any atom is -0.338 e. The molecular weight excluding hydrogens is 142 g/mol. The molecule has 3 N–H and O–H groups in total. The largest absolute Gasteiger partial charge is 0.338 e. The molecule has 0 saturated heterocycles. The summed E-state index contributed by atoms with van der Waals surface area (Å²) in [5.74, 6) is 0. The van der Waals surface area contributed by atoms with E-state index in [1.54, 1.807) is 11.9 Å². The van der Waals surface area contributed by atoms with Gasteiger partial charge in [-0.1, -0.05) is 0 Å². The lowest BCUT2D eigenvalue weighted by atomic mass is 10.3. The molecule has 0 spiro atoms. The van der Waals surface area contributed by atoms with Crippen molar-refractivity contribution in [2.24, 2.45) is 5.73 Å². The Labute approximate surface area is 67.7 Å². The number of nitrogens with one attached hydrogen (secondary N) is 1. The van der Waals surface area contributed by atoms with Gasteiger partial charge in [0.1, 0.15) is 0 Å². The van der Waals surface area contributed by atoms with Crippen molar-refractivity contribution >= 4 is 6.03 Å². The fourth-order valence-corrected chi connectivity index (χ4v) is 0.634. The van der Waals surface area contributed by atoms with Crippen LogP contribution in [0.25, 0.3) is 0 Å². The van der Waals surface area contributed by atoms with E-state index in [1.165, 1.54) is 0 Å². The average Bonchev–Trinajstić information content (AvgIpc) is 2.02. The van der Waals surface area contributed by atoms with Gasteiger partial charge in [-0.3, -0.25) is 0 Å². The van der Waals surface area contributed by atoms with E-state index in [9.17, 15) is 4.79 Å². The number of amides is 2. The first kappa shape index (κ1) is 10.2. The molecule has 0 heterocycles. The summed E-state index contributed by atoms with van der Waals surface area (Å²) in [6.07, 6.45) is 0. The zero-order valence-electron chi connectivity index (χ0n) is 7.42. The summed E-state index contributed by atoms with van der Waals surface area (Å²) in [4.78, 5) is 12.7. The Balaban J connectivity index is 3.80. The molecule has 0 aliphatic rings. The number of likely N-dealkylation sites (N-methyl/N-ethyl adjacent to an activating group) is 1. The summed E-state index contributed by atoms with van der Waals surface area (Å²) in [6, 6.07) is 0.0343. The fourth-order valence-electron chi connectivity index (χ4n) is 0.634. The van der Waals surface area contributed by atoms with Gasteiger partial charge in [0.2, 0.25) is 0 Å². The highest BCUT2D eigenvalue weighted by Crippen LogP contribution is 1.92. The second-order valence-corrected chi connectivity index (χ2v) is 2.53. The summed E-state index contributed by atoms with van der Waals surface area (Å²) in [7, 11) is 1.74. The molecule has 0 aromatic heterocycles. The molecule has 4 nitrogen and oxygen atoms in total. The van der Waals surface area contributed by atoms with Gasteiger partial charge in [-0.2, -0.15) is 0 Å². The molecule has 0 rings (SSSR count). The Morgan fingerprint density at radius 3 is 2.64 bits per heavy atom. The molecule has 0 aliphatic carbocycles. The maximum Gasteiger partial charge on any atom is 0.317 e. The number of nitrogens with two attached hydrogens (primary N) is 1. The van der Waals surface area contributed by atoms with Crippen LogP contribution in [0, 0.1) is 0 Å². The number of carbonyl (C=O) groups excluding carboxylic acids is 1. The Kier molecular flexibility index (Phi) is 4.61. The van der Waals surface area contributed by atoms with Crippen LogP contribution in [0.5, 0.6) is 0 Å². The van der Waals surface area contributed by atoms with Crippen molar-refractivity contribution in [1.82, 2.24) is 10.2 Å². The van der Waals surface area contributed by atoms with Crippen molar-refractivity contribution < 1.29 is 4.79 Å². The van der Waals surface area contributed by atoms with Crippen molar-refractivity contribution in [1.29, 1.82) is 0 Å². The van der Waals surface area contributed by atoms with Gasteiger partial charge in [0, 0.05) is 26.2 Å². The normalized spacial score (nSPS) is 12.4. The molecule has 2 amide bonds. The summed E-state index contributed by atoms with van der Waals surface area (Å²) in [5, 5.41) is 2.69. The Hall–Kier alpha value is -0.770. The van der Waals surface area contributed by atoms with E-state index in [4.69, 9.17) is 5.73 Å². The smallest absolute Gasteiger partial charge is 0.317 e. The SMILES string of the molecule is CCNC(=O)N(C)[C@H](C)CN. The topological polar surface area (TPSA) is 58.4 Å². The van der Waals surface area contributed by atoms with Gasteiger partial charge in [-0.05, 0) is 13.8 Å². The van der Waals surface area contributed by atoms with Crippen LogP contribution in [0.4, 0.5) is 4.79 Å². The van der Waals surface area contributed by atoms with E-state index in [0.29, 0.717) is 13.1 Å². The Morgan fingerprint density at radius 1 is 1.73 bits per heavy atom. The zero-order valence-corrected chi connectivity index (χ0v) is 7.42. The van der Waals surface area contributed by atoms with E-state index in [1.807, 2.05) is 13.8 Å². The molecule has 11 heavy (non-hydrogen) atoms. The summed E-state index contributed by atoms with van der Waals surface area (Å²) in [6.45, 7) is 4.95. The molecular formula is C7H17N3O. The predicted molar refractivity (Wildman–Crippen MR) is 45.4 cm³/mol. The molecule has 0 aliphatic heterocycles. The third-order valence-electron chi connectivity index (χ3n) is 1.65. The first-order chi connectivity index (χ1) is 5.13. The lowest BCUT2D eigenvalue weighted by Crippen LogP contribution is -2.45. The second-order valence-electron chi connectivity index (χ2n) is 2.53. The summed E-state index contributed by atoms with van der Waals surface area (Å²) in [5.41, 5.74) is 5.39. The minimum atomic E-state index is -0.0644. The summed E-state index contributed by atoms with van der Waals surface area (Å²) < 4.78 is 0. The van der Waals surface area contributed by atoms with Crippen molar-refractivity contribution in [2.45, 2.75) is 19.9 Å². The first-order valence-electron chi connectivity index (χ1n) is 3.84.